The predicted molar refractivity (Wildman–Crippen MR) is 68.8 cm³/mol. The van der Waals surface area contributed by atoms with Gasteiger partial charge >= 0.3 is 0 Å². The van der Waals surface area contributed by atoms with Crippen LogP contribution < -0.4 is 5.32 Å². The van der Waals surface area contributed by atoms with Crippen molar-refractivity contribution >= 4 is 0 Å². The molecule has 17 heavy (non-hydrogen) atoms. The third-order valence-electron chi connectivity index (χ3n) is 3.62. The zero-order chi connectivity index (χ0) is 12.1. The van der Waals surface area contributed by atoms with Crippen LogP contribution in [-0.4, -0.2) is 24.2 Å². The van der Waals surface area contributed by atoms with Gasteiger partial charge in [-0.05, 0) is 37.3 Å². The van der Waals surface area contributed by atoms with E-state index in [2.05, 4.69) is 30.2 Å². The summed E-state index contributed by atoms with van der Waals surface area (Å²) in [6.07, 6.45) is 6.10. The van der Waals surface area contributed by atoms with Gasteiger partial charge in [-0.1, -0.05) is 13.0 Å². The number of rotatable bonds is 5. The molecule has 94 valence electrons. The van der Waals surface area contributed by atoms with E-state index in [4.69, 9.17) is 4.74 Å². The number of pyridine rings is 1. The van der Waals surface area contributed by atoms with Gasteiger partial charge in [-0.25, -0.2) is 0 Å². The molecular weight excluding hydrogens is 212 g/mol. The molecule has 3 atom stereocenters. The first-order valence-electron chi connectivity index (χ1n) is 6.55. The molecule has 0 aliphatic carbocycles. The quantitative estimate of drug-likeness (QED) is 0.850. The summed E-state index contributed by atoms with van der Waals surface area (Å²) in [5, 5.41) is 3.70. The highest BCUT2D eigenvalue weighted by Crippen LogP contribution is 2.22. The highest BCUT2D eigenvalue weighted by Gasteiger charge is 2.25. The zero-order valence-electron chi connectivity index (χ0n) is 10.7. The molecule has 0 spiro atoms. The van der Waals surface area contributed by atoms with E-state index < -0.39 is 0 Å². The number of ether oxygens (including phenoxy) is 1. The fourth-order valence-corrected chi connectivity index (χ4v) is 2.51. The van der Waals surface area contributed by atoms with Crippen molar-refractivity contribution < 1.29 is 4.74 Å². The lowest BCUT2D eigenvalue weighted by Crippen LogP contribution is -2.37. The molecule has 0 bridgehead atoms. The predicted octanol–water partition coefficient (Wildman–Crippen LogP) is 2.55. The second-order valence-corrected chi connectivity index (χ2v) is 4.81. The zero-order valence-corrected chi connectivity index (χ0v) is 10.7. The summed E-state index contributed by atoms with van der Waals surface area (Å²) in [5.74, 6) is 0.666. The lowest BCUT2D eigenvalue weighted by Gasteiger charge is -2.26. The molecule has 2 rings (SSSR count). The standard InChI is InChI=1S/C14H22N2O/c1-3-14(13-6-8-17-10-13)16-11(2)12-5-4-7-15-9-12/h4-5,7,9,11,13-14,16H,3,6,8,10H2,1-2H3/t11-,13?,14?/m1/s1. The molecule has 3 nitrogen and oxygen atoms in total. The Bertz CT molecular complexity index is 322. The molecule has 1 aliphatic heterocycles. The smallest absolute Gasteiger partial charge is 0.0510 e. The van der Waals surface area contributed by atoms with E-state index in [9.17, 15) is 0 Å². The van der Waals surface area contributed by atoms with E-state index >= 15 is 0 Å². The van der Waals surface area contributed by atoms with Crippen molar-refractivity contribution in [3.63, 3.8) is 0 Å². The Balaban J connectivity index is 1.94. The molecule has 2 unspecified atom stereocenters. The van der Waals surface area contributed by atoms with Crippen molar-refractivity contribution in [1.29, 1.82) is 0 Å². The highest BCUT2D eigenvalue weighted by molar-refractivity contribution is 5.13. The lowest BCUT2D eigenvalue weighted by molar-refractivity contribution is 0.174. The maximum absolute atomic E-state index is 5.47. The minimum atomic E-state index is 0.356. The Morgan fingerprint density at radius 2 is 2.47 bits per heavy atom. The average molecular weight is 234 g/mol. The van der Waals surface area contributed by atoms with Crippen molar-refractivity contribution in [3.8, 4) is 0 Å². The van der Waals surface area contributed by atoms with Crippen molar-refractivity contribution in [1.82, 2.24) is 10.3 Å². The third kappa shape index (κ3) is 3.27. The van der Waals surface area contributed by atoms with E-state index in [1.165, 1.54) is 12.0 Å². The summed E-state index contributed by atoms with van der Waals surface area (Å²) in [4.78, 5) is 4.17. The topological polar surface area (TPSA) is 34.2 Å². The van der Waals surface area contributed by atoms with Gasteiger partial charge in [0.25, 0.3) is 0 Å². The molecule has 1 saturated heterocycles. The van der Waals surface area contributed by atoms with Gasteiger partial charge in [-0.3, -0.25) is 4.98 Å². The van der Waals surface area contributed by atoms with Crippen molar-refractivity contribution in [2.75, 3.05) is 13.2 Å². The molecule has 3 heteroatoms. The van der Waals surface area contributed by atoms with Gasteiger partial charge in [-0.2, -0.15) is 0 Å². The summed E-state index contributed by atoms with van der Waals surface area (Å²) in [7, 11) is 0. The third-order valence-corrected chi connectivity index (χ3v) is 3.62. The van der Waals surface area contributed by atoms with Crippen LogP contribution >= 0.6 is 0 Å². The summed E-state index contributed by atoms with van der Waals surface area (Å²) in [6, 6.07) is 5.03. The van der Waals surface area contributed by atoms with Crippen LogP contribution in [0.4, 0.5) is 0 Å². The van der Waals surface area contributed by atoms with Gasteiger partial charge in [0.05, 0.1) is 6.61 Å². The number of nitrogens with zero attached hydrogens (tertiary/aromatic N) is 1. The molecule has 1 aliphatic rings. The first-order chi connectivity index (χ1) is 8.31. The minimum Gasteiger partial charge on any atom is -0.381 e. The molecule has 0 radical (unpaired) electrons. The molecule has 0 saturated carbocycles. The van der Waals surface area contributed by atoms with Gasteiger partial charge in [0, 0.05) is 31.1 Å². The molecule has 0 aromatic carbocycles. The van der Waals surface area contributed by atoms with Crippen molar-refractivity contribution in [3.05, 3.63) is 30.1 Å². The molecule has 1 N–H and O–H groups in total. The molecule has 2 heterocycles. The average Bonchev–Trinajstić information content (AvgIpc) is 2.90. The van der Waals surface area contributed by atoms with Crippen LogP contribution in [0.2, 0.25) is 0 Å². The maximum atomic E-state index is 5.47. The van der Waals surface area contributed by atoms with E-state index in [0.29, 0.717) is 18.0 Å². The maximum Gasteiger partial charge on any atom is 0.0510 e. The molecule has 1 aromatic heterocycles. The summed E-state index contributed by atoms with van der Waals surface area (Å²) in [5.41, 5.74) is 1.25. The summed E-state index contributed by atoms with van der Waals surface area (Å²) in [6.45, 7) is 6.27. The van der Waals surface area contributed by atoms with Gasteiger partial charge in [0.2, 0.25) is 0 Å². The van der Waals surface area contributed by atoms with Crippen molar-refractivity contribution in [2.24, 2.45) is 5.92 Å². The second kappa shape index (κ2) is 6.12. The number of hydrogen-bond acceptors (Lipinski definition) is 3. The Labute approximate surface area is 104 Å². The van der Waals surface area contributed by atoms with Gasteiger partial charge < -0.3 is 10.1 Å². The minimum absolute atomic E-state index is 0.356. The summed E-state index contributed by atoms with van der Waals surface area (Å²) < 4.78 is 5.47. The van der Waals surface area contributed by atoms with Crippen LogP contribution in [0, 0.1) is 5.92 Å². The Morgan fingerprint density at radius 3 is 3.06 bits per heavy atom. The van der Waals surface area contributed by atoms with Gasteiger partial charge in [-0.15, -0.1) is 0 Å². The molecule has 1 fully saturated rings. The van der Waals surface area contributed by atoms with Crippen LogP contribution in [0.25, 0.3) is 0 Å². The van der Waals surface area contributed by atoms with Crippen LogP contribution in [0.15, 0.2) is 24.5 Å². The Hall–Kier alpha value is -0.930. The number of aromatic nitrogens is 1. The first kappa shape index (κ1) is 12.5. The number of hydrogen-bond donors (Lipinski definition) is 1. The molecule has 0 amide bonds. The Kier molecular flexibility index (Phi) is 4.51. The monoisotopic (exact) mass is 234 g/mol. The van der Waals surface area contributed by atoms with Crippen LogP contribution in [0.1, 0.15) is 38.3 Å². The van der Waals surface area contributed by atoms with Crippen LogP contribution in [0.3, 0.4) is 0 Å². The molecular formula is C14H22N2O. The van der Waals surface area contributed by atoms with E-state index in [0.717, 1.165) is 19.6 Å². The van der Waals surface area contributed by atoms with E-state index in [1.54, 1.807) is 0 Å². The number of nitrogens with one attached hydrogen (secondary N) is 1. The largest absolute Gasteiger partial charge is 0.381 e. The lowest BCUT2D eigenvalue weighted by atomic mass is 9.95. The summed E-state index contributed by atoms with van der Waals surface area (Å²) >= 11 is 0. The van der Waals surface area contributed by atoms with Gasteiger partial charge in [0.1, 0.15) is 0 Å². The fourth-order valence-electron chi connectivity index (χ4n) is 2.51. The highest BCUT2D eigenvalue weighted by atomic mass is 16.5. The van der Waals surface area contributed by atoms with Crippen LogP contribution in [-0.2, 0) is 4.74 Å². The van der Waals surface area contributed by atoms with Crippen molar-refractivity contribution in [2.45, 2.75) is 38.8 Å². The SMILES string of the molecule is CCC(N[C@H](C)c1cccnc1)C1CCOC1. The normalized spacial score (nSPS) is 23.5. The Morgan fingerprint density at radius 1 is 1.59 bits per heavy atom. The van der Waals surface area contributed by atoms with Crippen LogP contribution in [0.5, 0.6) is 0 Å². The van der Waals surface area contributed by atoms with E-state index in [-0.39, 0.29) is 0 Å². The van der Waals surface area contributed by atoms with Gasteiger partial charge in [0.15, 0.2) is 0 Å². The first-order valence-corrected chi connectivity index (χ1v) is 6.55. The molecule has 1 aromatic rings. The fraction of sp³-hybridized carbons (Fsp3) is 0.643. The van der Waals surface area contributed by atoms with E-state index in [1.807, 2.05) is 18.5 Å². The second-order valence-electron chi connectivity index (χ2n) is 4.81.